The van der Waals surface area contributed by atoms with Crippen molar-refractivity contribution >= 4 is 51.4 Å². The van der Waals surface area contributed by atoms with Gasteiger partial charge < -0.3 is 14.8 Å². The number of benzene rings is 2. The van der Waals surface area contributed by atoms with Crippen molar-refractivity contribution in [2.45, 2.75) is 11.3 Å². The molecular weight excluding hydrogens is 470 g/mol. The molecule has 33 heavy (non-hydrogen) atoms. The summed E-state index contributed by atoms with van der Waals surface area (Å²) in [6, 6.07) is 9.38. The lowest BCUT2D eigenvalue weighted by molar-refractivity contribution is -0.385. The Hall–Kier alpha value is -3.71. The topological polar surface area (TPSA) is 146 Å². The van der Waals surface area contributed by atoms with Crippen LogP contribution in [0.4, 0.5) is 16.5 Å². The molecule has 2 amide bonds. The number of nitrogens with one attached hydrogen (secondary N) is 2. The number of rotatable bonds is 7. The normalized spacial score (nSPS) is 12.2. The lowest BCUT2D eigenvalue weighted by Crippen LogP contribution is -2.17. The van der Waals surface area contributed by atoms with E-state index in [1.807, 2.05) is 0 Å². The first kappa shape index (κ1) is 22.5. The van der Waals surface area contributed by atoms with Crippen molar-refractivity contribution < 1.29 is 24.0 Å². The van der Waals surface area contributed by atoms with Crippen LogP contribution in [0, 0.1) is 17.0 Å². The predicted octanol–water partition coefficient (Wildman–Crippen LogP) is 3.51. The smallest absolute Gasteiger partial charge is 0.273 e. The highest BCUT2D eigenvalue weighted by Crippen LogP contribution is 2.33. The molecule has 0 radical (unpaired) electrons. The Morgan fingerprint density at radius 3 is 2.70 bits per heavy atom. The molecule has 0 fully saturated rings. The molecular formula is C20H17N5O6S2. The van der Waals surface area contributed by atoms with Crippen LogP contribution in [-0.2, 0) is 4.79 Å². The zero-order valence-corrected chi connectivity index (χ0v) is 18.8. The van der Waals surface area contributed by atoms with Crippen molar-refractivity contribution in [1.82, 2.24) is 10.2 Å². The van der Waals surface area contributed by atoms with Gasteiger partial charge in [0.05, 0.1) is 10.7 Å². The summed E-state index contributed by atoms with van der Waals surface area (Å²) in [5.74, 6) is 0.514. The maximum atomic E-state index is 12.4. The van der Waals surface area contributed by atoms with Gasteiger partial charge in [-0.2, -0.15) is 0 Å². The number of aryl methyl sites for hydroxylation is 1. The second-order valence-electron chi connectivity index (χ2n) is 6.78. The quantitative estimate of drug-likeness (QED) is 0.221. The van der Waals surface area contributed by atoms with Gasteiger partial charge in [0.1, 0.15) is 13.2 Å². The predicted molar refractivity (Wildman–Crippen MR) is 122 cm³/mol. The molecule has 0 saturated carbocycles. The Kier molecular flexibility index (Phi) is 6.70. The number of carbonyl (C=O) groups is 2. The number of nitrogens with zero attached hydrogens (tertiary/aromatic N) is 3. The average molecular weight is 488 g/mol. The van der Waals surface area contributed by atoms with Crippen LogP contribution in [0.1, 0.15) is 15.9 Å². The number of nitro benzene ring substituents is 1. The first-order chi connectivity index (χ1) is 15.9. The number of thioether (sulfide) groups is 1. The third-order valence-electron chi connectivity index (χ3n) is 4.45. The Morgan fingerprint density at radius 1 is 1.12 bits per heavy atom. The number of anilines is 2. The lowest BCUT2D eigenvalue weighted by Gasteiger charge is -2.18. The first-order valence-electron chi connectivity index (χ1n) is 9.61. The number of hydrogen-bond acceptors (Lipinski definition) is 10. The molecule has 170 valence electrons. The summed E-state index contributed by atoms with van der Waals surface area (Å²) in [4.78, 5) is 35.2. The maximum absolute atomic E-state index is 12.4. The molecule has 0 spiro atoms. The monoisotopic (exact) mass is 487 g/mol. The zero-order valence-electron chi connectivity index (χ0n) is 17.2. The van der Waals surface area contributed by atoms with Crippen molar-refractivity contribution in [1.29, 1.82) is 0 Å². The van der Waals surface area contributed by atoms with E-state index in [-0.39, 0.29) is 28.0 Å². The molecule has 1 aliphatic heterocycles. The molecule has 2 aromatic carbocycles. The highest BCUT2D eigenvalue weighted by atomic mass is 32.2. The summed E-state index contributed by atoms with van der Waals surface area (Å²) in [6.07, 6.45) is 0. The van der Waals surface area contributed by atoms with E-state index >= 15 is 0 Å². The van der Waals surface area contributed by atoms with Crippen LogP contribution < -0.4 is 20.1 Å². The molecule has 11 nitrogen and oxygen atoms in total. The van der Waals surface area contributed by atoms with Crippen molar-refractivity contribution in [3.63, 3.8) is 0 Å². The van der Waals surface area contributed by atoms with Crippen LogP contribution in [0.5, 0.6) is 11.5 Å². The third kappa shape index (κ3) is 5.56. The van der Waals surface area contributed by atoms with Gasteiger partial charge in [-0.15, -0.1) is 10.2 Å². The van der Waals surface area contributed by atoms with E-state index in [0.29, 0.717) is 40.3 Å². The van der Waals surface area contributed by atoms with Gasteiger partial charge in [-0.3, -0.25) is 25.0 Å². The SMILES string of the molecule is Cc1ccc(C(=O)Nc2nnc(SCC(=O)Nc3ccc4c(c3)OCCO4)s2)cc1[N+](=O)[O-]. The molecule has 1 aliphatic rings. The van der Waals surface area contributed by atoms with E-state index in [1.54, 1.807) is 25.1 Å². The Morgan fingerprint density at radius 2 is 1.91 bits per heavy atom. The number of amides is 2. The van der Waals surface area contributed by atoms with Crippen LogP contribution in [0.25, 0.3) is 0 Å². The van der Waals surface area contributed by atoms with Crippen LogP contribution in [0.15, 0.2) is 40.7 Å². The minimum Gasteiger partial charge on any atom is -0.486 e. The summed E-state index contributed by atoms with van der Waals surface area (Å²) >= 11 is 2.26. The van der Waals surface area contributed by atoms with Gasteiger partial charge in [-0.1, -0.05) is 29.2 Å². The fraction of sp³-hybridized carbons (Fsp3) is 0.200. The van der Waals surface area contributed by atoms with Crippen LogP contribution in [-0.4, -0.2) is 45.9 Å². The molecule has 1 aromatic heterocycles. The van der Waals surface area contributed by atoms with Gasteiger partial charge in [0, 0.05) is 28.9 Å². The molecule has 2 heterocycles. The number of fused-ring (bicyclic) bond motifs is 1. The molecule has 0 bridgehead atoms. The molecule has 0 aliphatic carbocycles. The van der Waals surface area contributed by atoms with E-state index < -0.39 is 10.8 Å². The molecule has 2 N–H and O–H groups in total. The van der Waals surface area contributed by atoms with E-state index in [9.17, 15) is 19.7 Å². The molecule has 0 unspecified atom stereocenters. The average Bonchev–Trinajstić information content (AvgIpc) is 3.25. The van der Waals surface area contributed by atoms with Gasteiger partial charge in [0.25, 0.3) is 11.6 Å². The zero-order chi connectivity index (χ0) is 23.4. The van der Waals surface area contributed by atoms with Gasteiger partial charge in [-0.25, -0.2) is 0 Å². The molecule has 0 atom stereocenters. The van der Waals surface area contributed by atoms with Crippen molar-refractivity contribution in [2.24, 2.45) is 0 Å². The number of aromatic nitrogens is 2. The third-order valence-corrected chi connectivity index (χ3v) is 6.42. The lowest BCUT2D eigenvalue weighted by atomic mass is 10.1. The van der Waals surface area contributed by atoms with Crippen LogP contribution in [0.3, 0.4) is 0 Å². The molecule has 0 saturated heterocycles. The highest BCUT2D eigenvalue weighted by Gasteiger charge is 2.17. The van der Waals surface area contributed by atoms with Gasteiger partial charge in [0.2, 0.25) is 11.0 Å². The number of ether oxygens (including phenoxy) is 2. The summed E-state index contributed by atoms with van der Waals surface area (Å²) < 4.78 is 11.4. The number of carbonyl (C=O) groups excluding carboxylic acids is 2. The van der Waals surface area contributed by atoms with Crippen LogP contribution >= 0.6 is 23.1 Å². The van der Waals surface area contributed by atoms with Gasteiger partial charge in [0.15, 0.2) is 15.8 Å². The first-order valence-corrected chi connectivity index (χ1v) is 11.4. The minimum atomic E-state index is -0.540. The second kappa shape index (κ2) is 9.83. The summed E-state index contributed by atoms with van der Waals surface area (Å²) in [6.45, 7) is 2.54. The van der Waals surface area contributed by atoms with Crippen molar-refractivity contribution in [3.8, 4) is 11.5 Å². The maximum Gasteiger partial charge on any atom is 0.273 e. The highest BCUT2D eigenvalue weighted by molar-refractivity contribution is 8.01. The number of nitro groups is 1. The van der Waals surface area contributed by atoms with E-state index in [4.69, 9.17) is 9.47 Å². The van der Waals surface area contributed by atoms with Gasteiger partial charge in [-0.05, 0) is 25.1 Å². The summed E-state index contributed by atoms with van der Waals surface area (Å²) in [5, 5.41) is 24.5. The van der Waals surface area contributed by atoms with E-state index in [1.165, 1.54) is 18.2 Å². The van der Waals surface area contributed by atoms with Crippen LogP contribution in [0.2, 0.25) is 0 Å². The summed E-state index contributed by atoms with van der Waals surface area (Å²) in [7, 11) is 0. The fourth-order valence-electron chi connectivity index (χ4n) is 2.88. The number of hydrogen-bond donors (Lipinski definition) is 2. The molecule has 4 rings (SSSR count). The Bertz CT molecular complexity index is 1230. The molecule has 3 aromatic rings. The standard InChI is InChI=1S/C20H17N5O6S2/c1-11-2-3-12(8-14(11)25(28)29)18(27)22-19-23-24-20(33-19)32-10-17(26)21-13-4-5-15-16(9-13)31-7-6-30-15/h2-5,8-9H,6-7,10H2,1H3,(H,21,26)(H,22,23,27). The Labute approximate surface area is 195 Å². The van der Waals surface area contributed by atoms with E-state index in [2.05, 4.69) is 20.8 Å². The molecule has 13 heteroatoms. The Balaban J connectivity index is 1.31. The van der Waals surface area contributed by atoms with Crippen molar-refractivity contribution in [3.05, 3.63) is 57.6 Å². The van der Waals surface area contributed by atoms with Crippen molar-refractivity contribution in [2.75, 3.05) is 29.6 Å². The second-order valence-corrected chi connectivity index (χ2v) is 8.98. The minimum absolute atomic E-state index is 0.0845. The summed E-state index contributed by atoms with van der Waals surface area (Å²) in [5.41, 5.74) is 1.04. The van der Waals surface area contributed by atoms with E-state index in [0.717, 1.165) is 23.1 Å². The van der Waals surface area contributed by atoms with Gasteiger partial charge >= 0.3 is 0 Å². The fourth-order valence-corrected chi connectivity index (χ4v) is 4.43. The largest absolute Gasteiger partial charge is 0.486 e.